The lowest BCUT2D eigenvalue weighted by Crippen LogP contribution is -2.08. The highest BCUT2D eigenvalue weighted by Gasteiger charge is 2.33. The van der Waals surface area contributed by atoms with E-state index in [9.17, 15) is 22.4 Å². The maximum atomic E-state index is 13.3. The van der Waals surface area contributed by atoms with Gasteiger partial charge in [-0.05, 0) is 30.7 Å². The number of carboxylic acid groups (broad SMARTS) is 1. The summed E-state index contributed by atoms with van der Waals surface area (Å²) in [6.45, 7) is 1.18. The fourth-order valence-electron chi connectivity index (χ4n) is 1.30. The van der Waals surface area contributed by atoms with Crippen LogP contribution in [0.25, 0.3) is 6.08 Å². The van der Waals surface area contributed by atoms with Crippen LogP contribution >= 0.6 is 0 Å². The molecule has 0 aromatic heterocycles. The van der Waals surface area contributed by atoms with Gasteiger partial charge in [-0.25, -0.2) is 9.18 Å². The highest BCUT2D eigenvalue weighted by atomic mass is 19.4. The van der Waals surface area contributed by atoms with Gasteiger partial charge >= 0.3 is 12.1 Å². The molecule has 1 aromatic carbocycles. The minimum atomic E-state index is -4.63. The highest BCUT2D eigenvalue weighted by molar-refractivity contribution is 5.85. The Hall–Kier alpha value is -1.85. The molecule has 0 radical (unpaired) electrons. The minimum absolute atomic E-state index is 0.163. The first-order valence-electron chi connectivity index (χ1n) is 4.50. The van der Waals surface area contributed by atoms with E-state index in [1.807, 2.05) is 0 Å². The Morgan fingerprint density at radius 2 is 1.94 bits per heavy atom. The second-order valence-electron chi connectivity index (χ2n) is 3.36. The molecule has 0 saturated heterocycles. The molecule has 1 rings (SSSR count). The van der Waals surface area contributed by atoms with Gasteiger partial charge < -0.3 is 5.11 Å². The molecule has 0 saturated carbocycles. The topological polar surface area (TPSA) is 37.3 Å². The van der Waals surface area contributed by atoms with Crippen molar-refractivity contribution in [3.05, 3.63) is 40.7 Å². The number of benzene rings is 1. The Morgan fingerprint density at radius 3 is 2.41 bits per heavy atom. The van der Waals surface area contributed by atoms with Crippen LogP contribution in [0.15, 0.2) is 18.2 Å². The van der Waals surface area contributed by atoms with E-state index in [2.05, 4.69) is 0 Å². The Kier molecular flexibility index (Phi) is 3.55. The van der Waals surface area contributed by atoms with Crippen molar-refractivity contribution < 1.29 is 27.5 Å². The molecule has 0 aliphatic rings. The van der Waals surface area contributed by atoms with Crippen molar-refractivity contribution in [3.63, 3.8) is 0 Å². The van der Waals surface area contributed by atoms with Crippen LogP contribution in [0.3, 0.4) is 0 Å². The fraction of sp³-hybridized carbons (Fsp3) is 0.182. The zero-order valence-corrected chi connectivity index (χ0v) is 8.68. The van der Waals surface area contributed by atoms with Crippen molar-refractivity contribution in [2.24, 2.45) is 0 Å². The summed E-state index contributed by atoms with van der Waals surface area (Å²) < 4.78 is 50.5. The van der Waals surface area contributed by atoms with Crippen LogP contribution in [0.2, 0.25) is 0 Å². The van der Waals surface area contributed by atoms with Crippen molar-refractivity contribution in [1.82, 2.24) is 0 Å². The molecule has 0 fully saturated rings. The molecule has 2 nitrogen and oxygen atoms in total. The SMILES string of the molecule is Cc1cc(/C=C/C(=O)O)c(F)cc1C(F)(F)F. The predicted molar refractivity (Wildman–Crippen MR) is 52.8 cm³/mol. The standard InChI is InChI=1S/C11H8F4O2/c1-6-4-7(2-3-10(16)17)9(12)5-8(6)11(13,14)15/h2-5H,1H3,(H,16,17)/b3-2+. The highest BCUT2D eigenvalue weighted by Crippen LogP contribution is 2.33. The van der Waals surface area contributed by atoms with Crippen LogP contribution in [0.4, 0.5) is 17.6 Å². The third-order valence-electron chi connectivity index (χ3n) is 2.05. The van der Waals surface area contributed by atoms with Crippen molar-refractivity contribution in [1.29, 1.82) is 0 Å². The van der Waals surface area contributed by atoms with Crippen LogP contribution in [-0.2, 0) is 11.0 Å². The number of hydrogen-bond acceptors (Lipinski definition) is 1. The van der Waals surface area contributed by atoms with E-state index in [0.29, 0.717) is 12.1 Å². The summed E-state index contributed by atoms with van der Waals surface area (Å²) in [5.41, 5.74) is -1.43. The van der Waals surface area contributed by atoms with Gasteiger partial charge in [-0.2, -0.15) is 13.2 Å². The number of hydrogen-bond donors (Lipinski definition) is 1. The Balaban J connectivity index is 3.23. The largest absolute Gasteiger partial charge is 0.478 e. The number of aliphatic carboxylic acids is 1. The molecule has 0 amide bonds. The summed E-state index contributed by atoms with van der Waals surface area (Å²) in [7, 11) is 0. The zero-order valence-electron chi connectivity index (χ0n) is 8.68. The monoisotopic (exact) mass is 248 g/mol. The zero-order chi connectivity index (χ0) is 13.2. The second kappa shape index (κ2) is 4.57. The van der Waals surface area contributed by atoms with Gasteiger partial charge in [0, 0.05) is 11.6 Å². The van der Waals surface area contributed by atoms with Crippen molar-refractivity contribution in [2.45, 2.75) is 13.1 Å². The lowest BCUT2D eigenvalue weighted by atomic mass is 10.0. The second-order valence-corrected chi connectivity index (χ2v) is 3.36. The predicted octanol–water partition coefficient (Wildman–Crippen LogP) is 3.25. The molecule has 0 bridgehead atoms. The number of alkyl halides is 3. The van der Waals surface area contributed by atoms with E-state index >= 15 is 0 Å². The number of carbonyl (C=O) groups is 1. The third-order valence-corrected chi connectivity index (χ3v) is 2.05. The molecule has 6 heteroatoms. The van der Waals surface area contributed by atoms with Gasteiger partial charge in [-0.1, -0.05) is 0 Å². The van der Waals surface area contributed by atoms with E-state index in [4.69, 9.17) is 5.11 Å². The first kappa shape index (κ1) is 13.2. The molecule has 17 heavy (non-hydrogen) atoms. The minimum Gasteiger partial charge on any atom is -0.478 e. The smallest absolute Gasteiger partial charge is 0.416 e. The van der Waals surface area contributed by atoms with Crippen LogP contribution in [-0.4, -0.2) is 11.1 Å². The van der Waals surface area contributed by atoms with E-state index in [0.717, 1.165) is 12.1 Å². The molecule has 0 spiro atoms. The van der Waals surface area contributed by atoms with Crippen LogP contribution < -0.4 is 0 Å². The Bertz CT molecular complexity index is 475. The molecule has 0 heterocycles. The summed E-state index contributed by atoms with van der Waals surface area (Å²) in [4.78, 5) is 10.2. The molecule has 1 aromatic rings. The van der Waals surface area contributed by atoms with Crippen LogP contribution in [0, 0.1) is 12.7 Å². The molecule has 0 aliphatic heterocycles. The quantitative estimate of drug-likeness (QED) is 0.644. The molecule has 1 N–H and O–H groups in total. The van der Waals surface area contributed by atoms with E-state index in [1.165, 1.54) is 6.92 Å². The molecule has 0 atom stereocenters. The van der Waals surface area contributed by atoms with Gasteiger partial charge in [0.1, 0.15) is 5.82 Å². The van der Waals surface area contributed by atoms with Crippen LogP contribution in [0.5, 0.6) is 0 Å². The van der Waals surface area contributed by atoms with Gasteiger partial charge in [-0.15, -0.1) is 0 Å². The van der Waals surface area contributed by atoms with Crippen LogP contribution in [0.1, 0.15) is 16.7 Å². The molecular weight excluding hydrogens is 240 g/mol. The van der Waals surface area contributed by atoms with Gasteiger partial charge in [0.05, 0.1) is 5.56 Å². The lowest BCUT2D eigenvalue weighted by Gasteiger charge is -2.11. The summed E-state index contributed by atoms with van der Waals surface area (Å²) in [5.74, 6) is -2.41. The fourth-order valence-corrected chi connectivity index (χ4v) is 1.30. The molecule has 0 unspecified atom stereocenters. The number of aryl methyl sites for hydroxylation is 1. The van der Waals surface area contributed by atoms with Crippen molar-refractivity contribution in [2.75, 3.05) is 0 Å². The van der Waals surface area contributed by atoms with E-state index in [1.54, 1.807) is 0 Å². The first-order valence-corrected chi connectivity index (χ1v) is 4.50. The summed E-state index contributed by atoms with van der Waals surface area (Å²) in [6.07, 6.45) is -3.06. The van der Waals surface area contributed by atoms with Gasteiger partial charge in [0.2, 0.25) is 0 Å². The number of rotatable bonds is 2. The molecule has 0 aliphatic carbocycles. The maximum Gasteiger partial charge on any atom is 0.416 e. The molecule has 92 valence electrons. The normalized spacial score (nSPS) is 12.1. The first-order chi connectivity index (χ1) is 7.71. The Labute approximate surface area is 94.2 Å². The van der Waals surface area contributed by atoms with Gasteiger partial charge in [0.15, 0.2) is 0 Å². The summed E-state index contributed by atoms with van der Waals surface area (Å²) in [6, 6.07) is 1.31. The van der Waals surface area contributed by atoms with E-state index < -0.39 is 23.5 Å². The van der Waals surface area contributed by atoms with Crippen molar-refractivity contribution >= 4 is 12.0 Å². The Morgan fingerprint density at radius 1 is 1.35 bits per heavy atom. The molecular formula is C11H8F4O2. The third kappa shape index (κ3) is 3.30. The summed E-state index contributed by atoms with van der Waals surface area (Å²) >= 11 is 0. The van der Waals surface area contributed by atoms with E-state index in [-0.39, 0.29) is 11.1 Å². The number of halogens is 4. The van der Waals surface area contributed by atoms with Gasteiger partial charge in [0.25, 0.3) is 0 Å². The summed E-state index contributed by atoms with van der Waals surface area (Å²) in [5, 5.41) is 8.33. The maximum absolute atomic E-state index is 13.3. The average molecular weight is 248 g/mol. The lowest BCUT2D eigenvalue weighted by molar-refractivity contribution is -0.138. The average Bonchev–Trinajstić information content (AvgIpc) is 2.17. The van der Waals surface area contributed by atoms with Gasteiger partial charge in [-0.3, -0.25) is 0 Å². The number of carboxylic acids is 1. The van der Waals surface area contributed by atoms with Crippen molar-refractivity contribution in [3.8, 4) is 0 Å².